The minimum absolute atomic E-state index is 0.699. The molecule has 2 aromatic heterocycles. The summed E-state index contributed by atoms with van der Waals surface area (Å²) in [4.78, 5) is 4.95. The second-order valence-corrected chi connectivity index (χ2v) is 7.87. The van der Waals surface area contributed by atoms with Crippen molar-refractivity contribution in [1.82, 2.24) is 15.1 Å². The Morgan fingerprint density at radius 1 is 1.27 bits per heavy atom. The van der Waals surface area contributed by atoms with Gasteiger partial charge in [-0.3, -0.25) is 4.90 Å². The van der Waals surface area contributed by atoms with Gasteiger partial charge < -0.3 is 4.42 Å². The Morgan fingerprint density at radius 2 is 2.14 bits per heavy atom. The monoisotopic (exact) mass is 317 g/mol. The Balaban J connectivity index is 1.40. The van der Waals surface area contributed by atoms with Crippen molar-refractivity contribution in [2.24, 2.45) is 5.92 Å². The molecule has 0 amide bonds. The zero-order chi connectivity index (χ0) is 14.9. The van der Waals surface area contributed by atoms with Crippen molar-refractivity contribution in [3.05, 3.63) is 22.4 Å². The van der Waals surface area contributed by atoms with Gasteiger partial charge in [0.25, 0.3) is 5.89 Å². The van der Waals surface area contributed by atoms with Crippen LogP contribution >= 0.6 is 11.3 Å². The van der Waals surface area contributed by atoms with Gasteiger partial charge in [-0.2, -0.15) is 0 Å². The molecule has 0 radical (unpaired) electrons. The van der Waals surface area contributed by atoms with Crippen LogP contribution in [0, 0.1) is 5.92 Å². The molecule has 0 unspecified atom stereocenters. The lowest BCUT2D eigenvalue weighted by atomic mass is 9.99. The number of rotatable bonds is 6. The van der Waals surface area contributed by atoms with Crippen LogP contribution in [-0.4, -0.2) is 28.7 Å². The maximum absolute atomic E-state index is 5.89. The van der Waals surface area contributed by atoms with Gasteiger partial charge in [0.15, 0.2) is 0 Å². The summed E-state index contributed by atoms with van der Waals surface area (Å²) in [7, 11) is 2.14. The van der Waals surface area contributed by atoms with Crippen LogP contribution in [0.4, 0.5) is 0 Å². The second kappa shape index (κ2) is 6.13. The van der Waals surface area contributed by atoms with Crippen molar-refractivity contribution < 1.29 is 4.42 Å². The zero-order valence-electron chi connectivity index (χ0n) is 13.2. The van der Waals surface area contributed by atoms with Crippen molar-refractivity contribution in [2.45, 2.75) is 51.5 Å². The first-order valence-corrected chi connectivity index (χ1v) is 9.22. The zero-order valence-corrected chi connectivity index (χ0v) is 14.0. The Labute approximate surface area is 135 Å². The lowest BCUT2D eigenvalue weighted by molar-refractivity contribution is 0.281. The van der Waals surface area contributed by atoms with Gasteiger partial charge in [0.05, 0.1) is 11.4 Å². The number of aromatic nitrogens is 2. The number of thiophene rings is 1. The molecule has 0 spiro atoms. The van der Waals surface area contributed by atoms with Gasteiger partial charge in [0.1, 0.15) is 0 Å². The van der Waals surface area contributed by atoms with E-state index < -0.39 is 0 Å². The van der Waals surface area contributed by atoms with E-state index in [1.54, 1.807) is 0 Å². The molecule has 4 rings (SSSR count). The third-order valence-electron chi connectivity index (χ3n) is 4.70. The first kappa shape index (κ1) is 14.4. The fourth-order valence-corrected chi connectivity index (χ4v) is 4.31. The lowest BCUT2D eigenvalue weighted by Crippen LogP contribution is -2.19. The topological polar surface area (TPSA) is 42.2 Å². The molecular formula is C17H23N3OS. The van der Waals surface area contributed by atoms with E-state index in [1.807, 2.05) is 11.3 Å². The summed E-state index contributed by atoms with van der Waals surface area (Å²) in [5, 5.41) is 8.49. The van der Waals surface area contributed by atoms with Crippen molar-refractivity contribution >= 4 is 11.3 Å². The molecule has 0 bridgehead atoms. The summed E-state index contributed by atoms with van der Waals surface area (Å²) in [6, 6.07) is 2.26. The molecule has 0 N–H and O–H groups in total. The third-order valence-corrected chi connectivity index (χ3v) is 5.92. The summed E-state index contributed by atoms with van der Waals surface area (Å²) in [5.74, 6) is 2.41. The highest BCUT2D eigenvalue weighted by Crippen LogP contribution is 2.35. The molecule has 22 heavy (non-hydrogen) atoms. The number of fused-ring (bicyclic) bond motifs is 1. The predicted octanol–water partition coefficient (Wildman–Crippen LogP) is 3.91. The molecule has 1 saturated carbocycles. The second-order valence-electron chi connectivity index (χ2n) is 6.74. The minimum atomic E-state index is 0.699. The molecule has 4 nitrogen and oxygen atoms in total. The van der Waals surface area contributed by atoms with Crippen molar-refractivity contribution in [2.75, 3.05) is 13.6 Å². The predicted molar refractivity (Wildman–Crippen MR) is 87.9 cm³/mol. The molecule has 2 aliphatic rings. The average Bonchev–Trinajstić information content (AvgIpc) is 3.07. The van der Waals surface area contributed by atoms with Crippen LogP contribution < -0.4 is 0 Å². The normalized spacial score (nSPS) is 17.9. The number of hydrogen-bond donors (Lipinski definition) is 0. The van der Waals surface area contributed by atoms with E-state index in [0.717, 1.165) is 29.8 Å². The van der Waals surface area contributed by atoms with E-state index in [-0.39, 0.29) is 0 Å². The van der Waals surface area contributed by atoms with Crippen molar-refractivity contribution in [3.8, 4) is 10.8 Å². The van der Waals surface area contributed by atoms with E-state index >= 15 is 0 Å². The Kier molecular flexibility index (Phi) is 4.01. The smallest absolute Gasteiger partial charge is 0.257 e. The Hall–Kier alpha value is -1.20. The first-order valence-electron chi connectivity index (χ1n) is 8.41. The summed E-state index contributed by atoms with van der Waals surface area (Å²) in [5.41, 5.74) is 1.49. The molecule has 118 valence electrons. The summed E-state index contributed by atoms with van der Waals surface area (Å²) < 4.78 is 5.89. The van der Waals surface area contributed by atoms with Crippen LogP contribution in [0.3, 0.4) is 0 Å². The van der Waals surface area contributed by atoms with Gasteiger partial charge >= 0.3 is 0 Å². The molecular weight excluding hydrogens is 294 g/mol. The van der Waals surface area contributed by atoms with Gasteiger partial charge in [-0.15, -0.1) is 21.5 Å². The fourth-order valence-electron chi connectivity index (χ4n) is 3.13. The molecule has 0 aromatic carbocycles. The molecule has 1 fully saturated rings. The van der Waals surface area contributed by atoms with E-state index in [0.29, 0.717) is 5.89 Å². The van der Waals surface area contributed by atoms with Gasteiger partial charge in [0.2, 0.25) is 5.89 Å². The highest BCUT2D eigenvalue weighted by Gasteiger charge is 2.22. The van der Waals surface area contributed by atoms with Gasteiger partial charge in [0, 0.05) is 4.88 Å². The molecule has 2 heterocycles. The highest BCUT2D eigenvalue weighted by atomic mass is 32.1. The van der Waals surface area contributed by atoms with Gasteiger partial charge in [-0.05, 0) is 63.2 Å². The van der Waals surface area contributed by atoms with Crippen molar-refractivity contribution in [3.63, 3.8) is 0 Å². The van der Waals surface area contributed by atoms with Crippen LogP contribution in [0.1, 0.15) is 48.4 Å². The Bertz CT molecular complexity index is 621. The van der Waals surface area contributed by atoms with Crippen LogP contribution in [0.25, 0.3) is 10.8 Å². The maximum atomic E-state index is 5.89. The molecule has 5 heteroatoms. The number of hydrogen-bond acceptors (Lipinski definition) is 5. The van der Waals surface area contributed by atoms with E-state index in [2.05, 4.69) is 28.2 Å². The maximum Gasteiger partial charge on any atom is 0.257 e. The van der Waals surface area contributed by atoms with Crippen molar-refractivity contribution in [1.29, 1.82) is 0 Å². The first-order chi connectivity index (χ1) is 10.8. The number of nitrogens with zero attached hydrogens (tertiary/aromatic N) is 3. The number of aryl methyl sites for hydroxylation is 2. The quantitative estimate of drug-likeness (QED) is 0.810. The molecule has 0 aliphatic heterocycles. The molecule has 0 atom stereocenters. The molecule has 0 saturated heterocycles. The SMILES string of the molecule is CN(CCC1CC1)Cc1nnc(-c2cc3c(s2)CCCC3)o1. The highest BCUT2D eigenvalue weighted by molar-refractivity contribution is 7.15. The van der Waals surface area contributed by atoms with Crippen LogP contribution in [0.15, 0.2) is 10.5 Å². The minimum Gasteiger partial charge on any atom is -0.419 e. The molecule has 2 aliphatic carbocycles. The summed E-state index contributed by atoms with van der Waals surface area (Å²) in [6.07, 6.45) is 9.18. The van der Waals surface area contributed by atoms with Gasteiger partial charge in [-0.1, -0.05) is 12.8 Å². The summed E-state index contributed by atoms with van der Waals surface area (Å²) in [6.45, 7) is 1.88. The Morgan fingerprint density at radius 3 is 2.95 bits per heavy atom. The third kappa shape index (κ3) is 3.25. The van der Waals surface area contributed by atoms with Gasteiger partial charge in [-0.25, -0.2) is 0 Å². The van der Waals surface area contributed by atoms with Crippen LogP contribution in [0.2, 0.25) is 0 Å². The standard InChI is InChI=1S/C17H23N3OS/c1-20(9-8-12-6-7-12)11-16-18-19-17(21-16)15-10-13-4-2-3-5-14(13)22-15/h10,12H,2-9,11H2,1H3. The molecule has 2 aromatic rings. The largest absolute Gasteiger partial charge is 0.419 e. The lowest BCUT2D eigenvalue weighted by Gasteiger charge is -2.13. The van der Waals surface area contributed by atoms with E-state index in [4.69, 9.17) is 4.42 Å². The average molecular weight is 317 g/mol. The van der Waals surface area contributed by atoms with E-state index in [1.165, 1.54) is 55.4 Å². The summed E-state index contributed by atoms with van der Waals surface area (Å²) >= 11 is 1.83. The van der Waals surface area contributed by atoms with Crippen LogP contribution in [-0.2, 0) is 19.4 Å². The van der Waals surface area contributed by atoms with Crippen LogP contribution in [0.5, 0.6) is 0 Å². The van der Waals surface area contributed by atoms with E-state index in [9.17, 15) is 0 Å². The fraction of sp³-hybridized carbons (Fsp3) is 0.647.